The Morgan fingerprint density at radius 3 is 2.58 bits per heavy atom. The highest BCUT2D eigenvalue weighted by molar-refractivity contribution is 8.18. The summed E-state index contributed by atoms with van der Waals surface area (Å²) in [7, 11) is 1.67. The number of amidine groups is 1. The molecule has 0 aliphatic carbocycles. The van der Waals surface area contributed by atoms with Crippen molar-refractivity contribution in [1.29, 1.82) is 0 Å². The lowest BCUT2D eigenvalue weighted by atomic mass is 10.2. The van der Waals surface area contributed by atoms with Crippen LogP contribution in [-0.2, 0) is 16.1 Å². The molecule has 0 N–H and O–H groups in total. The van der Waals surface area contributed by atoms with Crippen molar-refractivity contribution >= 4 is 63.8 Å². The van der Waals surface area contributed by atoms with Gasteiger partial charge in [-0.3, -0.25) is 9.69 Å². The molecule has 1 amide bonds. The number of carbonyl (C=O) groups is 2. The molecule has 3 aromatic carbocycles. The van der Waals surface area contributed by atoms with Gasteiger partial charge in [-0.15, -0.1) is 0 Å². The first kappa shape index (κ1) is 25.8. The maximum absolute atomic E-state index is 12.8. The van der Waals surface area contributed by atoms with Gasteiger partial charge in [0.2, 0.25) is 0 Å². The van der Waals surface area contributed by atoms with Gasteiger partial charge in [0.1, 0.15) is 12.4 Å². The van der Waals surface area contributed by atoms with Gasteiger partial charge in [-0.25, -0.2) is 9.79 Å². The summed E-state index contributed by atoms with van der Waals surface area (Å²) in [4.78, 5) is 31.4. The molecule has 36 heavy (non-hydrogen) atoms. The van der Waals surface area contributed by atoms with Crippen LogP contribution in [0.15, 0.2) is 76.6 Å². The van der Waals surface area contributed by atoms with Crippen molar-refractivity contribution in [3.05, 3.63) is 98.4 Å². The minimum atomic E-state index is -0.410. The fourth-order valence-electron chi connectivity index (χ4n) is 3.29. The normalized spacial score (nSPS) is 15.6. The van der Waals surface area contributed by atoms with Crippen LogP contribution >= 0.6 is 35.0 Å². The maximum Gasteiger partial charge on any atom is 0.338 e. The summed E-state index contributed by atoms with van der Waals surface area (Å²) in [6, 6.07) is 19.5. The van der Waals surface area contributed by atoms with Crippen LogP contribution in [0.25, 0.3) is 6.08 Å². The molecule has 0 aromatic heterocycles. The van der Waals surface area contributed by atoms with Crippen LogP contribution in [0.4, 0.5) is 5.69 Å². The topological polar surface area (TPSA) is 68.2 Å². The van der Waals surface area contributed by atoms with E-state index < -0.39 is 5.97 Å². The van der Waals surface area contributed by atoms with Gasteiger partial charge in [0.25, 0.3) is 5.91 Å². The maximum atomic E-state index is 12.8. The second-order valence-corrected chi connectivity index (χ2v) is 9.59. The number of hydrogen-bond acceptors (Lipinski definition) is 6. The Morgan fingerprint density at radius 2 is 1.86 bits per heavy atom. The molecule has 6 nitrogen and oxygen atoms in total. The van der Waals surface area contributed by atoms with E-state index in [9.17, 15) is 9.59 Å². The zero-order chi connectivity index (χ0) is 25.7. The summed E-state index contributed by atoms with van der Waals surface area (Å²) in [5, 5.41) is 1.64. The van der Waals surface area contributed by atoms with E-state index in [0.717, 1.165) is 11.1 Å². The van der Waals surface area contributed by atoms with Crippen LogP contribution in [-0.4, -0.2) is 35.6 Å². The summed E-state index contributed by atoms with van der Waals surface area (Å²) in [5.74, 6) is 0.111. The van der Waals surface area contributed by atoms with Crippen molar-refractivity contribution < 1.29 is 19.1 Å². The van der Waals surface area contributed by atoms with E-state index in [0.29, 0.717) is 50.3 Å². The van der Waals surface area contributed by atoms with Gasteiger partial charge >= 0.3 is 5.97 Å². The van der Waals surface area contributed by atoms with E-state index in [4.69, 9.17) is 32.7 Å². The molecule has 1 heterocycles. The highest BCUT2D eigenvalue weighted by Crippen LogP contribution is 2.33. The quantitative estimate of drug-likeness (QED) is 0.238. The molecule has 0 saturated carbocycles. The average molecular weight is 541 g/mol. The third-order valence-electron chi connectivity index (χ3n) is 5.17. The monoisotopic (exact) mass is 540 g/mol. The van der Waals surface area contributed by atoms with Crippen molar-refractivity contribution in [3.8, 4) is 5.75 Å². The molecule has 0 radical (unpaired) electrons. The lowest BCUT2D eigenvalue weighted by Crippen LogP contribution is -2.23. The predicted molar refractivity (Wildman–Crippen MR) is 145 cm³/mol. The third-order valence-corrected chi connectivity index (χ3v) is 6.82. The van der Waals surface area contributed by atoms with Gasteiger partial charge in [0.05, 0.1) is 22.8 Å². The number of carbonyl (C=O) groups excluding carboxylic acids is 2. The zero-order valence-corrected chi connectivity index (χ0v) is 21.9. The van der Waals surface area contributed by atoms with Gasteiger partial charge in [-0.1, -0.05) is 47.5 Å². The fourth-order valence-corrected chi connectivity index (χ4v) is 4.74. The van der Waals surface area contributed by atoms with Crippen LogP contribution < -0.4 is 4.74 Å². The summed E-state index contributed by atoms with van der Waals surface area (Å²) in [6.07, 6.45) is 1.81. The van der Waals surface area contributed by atoms with Crippen molar-refractivity contribution in [3.63, 3.8) is 0 Å². The smallest absolute Gasteiger partial charge is 0.338 e. The molecule has 4 rings (SSSR count). The SMILES string of the molecule is CCOC(=O)c1cccc(N=C2SC(=Cc3ccc(OCc4ccc(Cl)cc4Cl)cc3)C(=O)N2C)c1. The summed E-state index contributed by atoms with van der Waals surface area (Å²) in [5.41, 5.74) is 2.66. The number of rotatable bonds is 7. The minimum absolute atomic E-state index is 0.155. The predicted octanol–water partition coefficient (Wildman–Crippen LogP) is 6.98. The Morgan fingerprint density at radius 1 is 1.08 bits per heavy atom. The van der Waals surface area contributed by atoms with Crippen LogP contribution in [0.1, 0.15) is 28.4 Å². The Kier molecular flexibility index (Phi) is 8.36. The number of thioether (sulfide) groups is 1. The van der Waals surface area contributed by atoms with Crippen molar-refractivity contribution in [2.75, 3.05) is 13.7 Å². The number of nitrogens with zero attached hydrogens (tertiary/aromatic N) is 2. The van der Waals surface area contributed by atoms with Gasteiger partial charge in [-0.2, -0.15) is 0 Å². The molecule has 1 fully saturated rings. The van der Waals surface area contributed by atoms with Crippen LogP contribution in [0.3, 0.4) is 0 Å². The fraction of sp³-hybridized carbons (Fsp3) is 0.148. The zero-order valence-electron chi connectivity index (χ0n) is 19.5. The number of halogens is 2. The van der Waals surface area contributed by atoms with E-state index in [1.54, 1.807) is 56.4 Å². The first-order valence-corrected chi connectivity index (χ1v) is 12.6. The van der Waals surface area contributed by atoms with Crippen molar-refractivity contribution in [2.24, 2.45) is 4.99 Å². The molecule has 1 aliphatic heterocycles. The lowest BCUT2D eigenvalue weighted by molar-refractivity contribution is -0.121. The van der Waals surface area contributed by atoms with Gasteiger partial charge < -0.3 is 9.47 Å². The molecule has 9 heteroatoms. The second-order valence-electron chi connectivity index (χ2n) is 7.73. The van der Waals surface area contributed by atoms with Crippen LogP contribution in [0.2, 0.25) is 10.0 Å². The largest absolute Gasteiger partial charge is 0.489 e. The Bertz CT molecular complexity index is 1360. The Balaban J connectivity index is 1.44. The number of likely N-dealkylation sites (N-methyl/N-ethyl adjacent to an activating group) is 1. The molecule has 1 saturated heterocycles. The van der Waals surface area contributed by atoms with E-state index in [-0.39, 0.29) is 5.91 Å². The summed E-state index contributed by atoms with van der Waals surface area (Å²) >= 11 is 13.4. The first-order valence-electron chi connectivity index (χ1n) is 11.0. The molecular weight excluding hydrogens is 519 g/mol. The van der Waals surface area contributed by atoms with Crippen LogP contribution in [0.5, 0.6) is 5.75 Å². The van der Waals surface area contributed by atoms with Gasteiger partial charge in [0.15, 0.2) is 5.17 Å². The molecule has 0 spiro atoms. The number of benzene rings is 3. The van der Waals surface area contributed by atoms with Gasteiger partial charge in [-0.05, 0) is 72.8 Å². The molecule has 0 bridgehead atoms. The third kappa shape index (κ3) is 6.29. The lowest BCUT2D eigenvalue weighted by Gasteiger charge is -2.08. The van der Waals surface area contributed by atoms with E-state index in [1.165, 1.54) is 16.7 Å². The second kappa shape index (κ2) is 11.6. The van der Waals surface area contributed by atoms with E-state index in [2.05, 4.69) is 4.99 Å². The number of amides is 1. The highest BCUT2D eigenvalue weighted by Gasteiger charge is 2.30. The molecule has 1 aliphatic rings. The number of ether oxygens (including phenoxy) is 2. The molecule has 0 unspecified atom stereocenters. The minimum Gasteiger partial charge on any atom is -0.489 e. The van der Waals surface area contributed by atoms with Crippen molar-refractivity contribution in [2.45, 2.75) is 13.5 Å². The number of hydrogen-bond donors (Lipinski definition) is 0. The standard InChI is InChI=1S/C27H22Cl2N2O4S/c1-3-34-26(33)18-5-4-6-21(14-18)30-27-31(2)25(32)24(36-27)13-17-7-11-22(12-8-17)35-16-19-9-10-20(28)15-23(19)29/h4-15H,3,16H2,1-2H3. The van der Waals surface area contributed by atoms with Gasteiger partial charge in [0, 0.05) is 22.7 Å². The van der Waals surface area contributed by atoms with Crippen molar-refractivity contribution in [1.82, 2.24) is 4.90 Å². The molecule has 3 aromatic rings. The molecule has 184 valence electrons. The Labute approximate surface area is 223 Å². The average Bonchev–Trinajstić information content (AvgIpc) is 3.12. The van der Waals surface area contributed by atoms with Crippen LogP contribution in [0, 0.1) is 0 Å². The number of aliphatic imine (C=N–C) groups is 1. The molecule has 0 atom stereocenters. The highest BCUT2D eigenvalue weighted by atomic mass is 35.5. The van der Waals surface area contributed by atoms with E-state index in [1.807, 2.05) is 30.3 Å². The molecular formula is C27H22Cl2N2O4S. The van der Waals surface area contributed by atoms with E-state index >= 15 is 0 Å². The first-order chi connectivity index (χ1) is 17.3. The summed E-state index contributed by atoms with van der Waals surface area (Å²) in [6.45, 7) is 2.36. The summed E-state index contributed by atoms with van der Waals surface area (Å²) < 4.78 is 10.9. The number of esters is 1. The Hall–Kier alpha value is -3.26.